The molecule has 2 atom stereocenters. The van der Waals surface area contributed by atoms with E-state index in [1.54, 1.807) is 0 Å². The highest BCUT2D eigenvalue weighted by Gasteiger charge is 2.55. The summed E-state index contributed by atoms with van der Waals surface area (Å²) in [6.07, 6.45) is 0.268. The van der Waals surface area contributed by atoms with Gasteiger partial charge in [0, 0.05) is 6.92 Å². The Hall–Kier alpha value is -0.380. The molecular formula is C9H17O5P. The standard InChI is InChI=1S/C9H17O5P/c1-7(10)14-15(12)9(4,11)5-8(2,3)6-13-15/h11H,5-6H2,1-4H3. The molecule has 1 heterocycles. The lowest BCUT2D eigenvalue weighted by molar-refractivity contribution is -0.134. The van der Waals surface area contributed by atoms with Gasteiger partial charge < -0.3 is 9.63 Å². The summed E-state index contributed by atoms with van der Waals surface area (Å²) >= 11 is 0. The summed E-state index contributed by atoms with van der Waals surface area (Å²) < 4.78 is 21.8. The molecule has 6 heteroatoms. The molecule has 0 aromatic rings. The summed E-state index contributed by atoms with van der Waals surface area (Å²) in [5.74, 6) is -0.710. The van der Waals surface area contributed by atoms with Gasteiger partial charge in [0.1, 0.15) is 0 Å². The molecule has 0 aliphatic carbocycles. The van der Waals surface area contributed by atoms with Gasteiger partial charge in [-0.05, 0) is 18.8 Å². The number of carbonyl (C=O) groups is 1. The normalized spacial score (nSPS) is 39.8. The maximum atomic E-state index is 12.1. The van der Waals surface area contributed by atoms with Crippen LogP contribution >= 0.6 is 7.60 Å². The van der Waals surface area contributed by atoms with Crippen LogP contribution in [0.25, 0.3) is 0 Å². The molecule has 0 aromatic carbocycles. The van der Waals surface area contributed by atoms with Gasteiger partial charge in [0.05, 0.1) is 6.61 Å². The minimum absolute atomic E-state index is 0.202. The van der Waals surface area contributed by atoms with Crippen molar-refractivity contribution in [3.8, 4) is 0 Å². The van der Waals surface area contributed by atoms with E-state index < -0.39 is 18.9 Å². The molecule has 0 amide bonds. The second-order valence-electron chi connectivity index (χ2n) is 4.91. The first-order valence-electron chi connectivity index (χ1n) is 4.75. The minimum Gasteiger partial charge on any atom is -0.390 e. The van der Waals surface area contributed by atoms with Crippen LogP contribution in [0.15, 0.2) is 0 Å². The van der Waals surface area contributed by atoms with Gasteiger partial charge in [0.25, 0.3) is 0 Å². The predicted molar refractivity (Wildman–Crippen MR) is 54.3 cm³/mol. The molecule has 1 rings (SSSR count). The highest BCUT2D eigenvalue weighted by atomic mass is 31.2. The van der Waals surface area contributed by atoms with Crippen LogP contribution in [0.4, 0.5) is 0 Å². The molecule has 1 aliphatic rings. The van der Waals surface area contributed by atoms with Gasteiger partial charge in [-0.1, -0.05) is 13.8 Å². The van der Waals surface area contributed by atoms with Crippen LogP contribution in [0.1, 0.15) is 34.1 Å². The lowest BCUT2D eigenvalue weighted by Gasteiger charge is -2.42. The second-order valence-corrected chi connectivity index (χ2v) is 7.31. The third kappa shape index (κ3) is 2.60. The SMILES string of the molecule is CC(=O)OP1(=O)OCC(C)(C)CC1(C)O. The van der Waals surface area contributed by atoms with Crippen LogP contribution < -0.4 is 0 Å². The van der Waals surface area contributed by atoms with Crippen molar-refractivity contribution in [2.24, 2.45) is 5.41 Å². The fourth-order valence-corrected chi connectivity index (χ4v) is 3.75. The van der Waals surface area contributed by atoms with Crippen molar-refractivity contribution in [1.82, 2.24) is 0 Å². The zero-order valence-corrected chi connectivity index (χ0v) is 10.3. The van der Waals surface area contributed by atoms with Gasteiger partial charge in [0.15, 0.2) is 5.34 Å². The van der Waals surface area contributed by atoms with Gasteiger partial charge in [-0.3, -0.25) is 9.32 Å². The molecule has 1 aliphatic heterocycles. The third-order valence-electron chi connectivity index (χ3n) is 2.28. The summed E-state index contributed by atoms with van der Waals surface area (Å²) in [4.78, 5) is 10.8. The molecule has 0 radical (unpaired) electrons. The van der Waals surface area contributed by atoms with Crippen LogP contribution in [-0.4, -0.2) is 23.0 Å². The maximum Gasteiger partial charge on any atom is 0.412 e. The van der Waals surface area contributed by atoms with E-state index in [1.165, 1.54) is 6.92 Å². The third-order valence-corrected chi connectivity index (χ3v) is 4.58. The molecule has 0 bridgehead atoms. The lowest BCUT2D eigenvalue weighted by Crippen LogP contribution is -2.40. The lowest BCUT2D eigenvalue weighted by atomic mass is 9.88. The molecule has 1 saturated heterocycles. The molecule has 88 valence electrons. The van der Waals surface area contributed by atoms with Crippen molar-refractivity contribution >= 4 is 13.6 Å². The Balaban J connectivity index is 2.94. The van der Waals surface area contributed by atoms with Gasteiger partial charge in [-0.25, -0.2) is 4.57 Å². The summed E-state index contributed by atoms with van der Waals surface area (Å²) in [7, 11) is -3.75. The minimum atomic E-state index is -3.75. The van der Waals surface area contributed by atoms with Gasteiger partial charge in [0.2, 0.25) is 0 Å². The Morgan fingerprint density at radius 3 is 2.40 bits per heavy atom. The van der Waals surface area contributed by atoms with Crippen LogP contribution in [0.2, 0.25) is 0 Å². The molecule has 1 N–H and O–H groups in total. The summed E-state index contributed by atoms with van der Waals surface area (Å²) in [6.45, 7) is 6.49. The average molecular weight is 236 g/mol. The molecule has 15 heavy (non-hydrogen) atoms. The molecule has 0 spiro atoms. The van der Waals surface area contributed by atoms with Crippen molar-refractivity contribution < 1.29 is 23.5 Å². The van der Waals surface area contributed by atoms with Gasteiger partial charge in [-0.15, -0.1) is 0 Å². The first kappa shape index (κ1) is 12.7. The Morgan fingerprint density at radius 1 is 1.47 bits per heavy atom. The fraction of sp³-hybridized carbons (Fsp3) is 0.889. The van der Waals surface area contributed by atoms with Crippen molar-refractivity contribution in [2.45, 2.75) is 39.5 Å². The molecule has 0 aromatic heterocycles. The highest BCUT2D eigenvalue weighted by Crippen LogP contribution is 2.65. The predicted octanol–water partition coefficient (Wildman–Crippen LogP) is 1.90. The quantitative estimate of drug-likeness (QED) is 0.704. The first-order chi connectivity index (χ1) is 6.58. The van der Waals surface area contributed by atoms with Gasteiger partial charge >= 0.3 is 13.6 Å². The van der Waals surface area contributed by atoms with Crippen molar-refractivity contribution in [1.29, 1.82) is 0 Å². The van der Waals surface area contributed by atoms with E-state index in [0.29, 0.717) is 0 Å². The van der Waals surface area contributed by atoms with E-state index in [-0.39, 0.29) is 18.4 Å². The maximum absolute atomic E-state index is 12.1. The molecule has 5 nitrogen and oxygen atoms in total. The Kier molecular flexibility index (Phi) is 3.03. The highest BCUT2D eigenvalue weighted by molar-refractivity contribution is 7.55. The number of carbonyl (C=O) groups excluding carboxylic acids is 1. The summed E-state index contributed by atoms with van der Waals surface area (Å²) in [5, 5.41) is 8.40. The largest absolute Gasteiger partial charge is 0.412 e. The van der Waals surface area contributed by atoms with Crippen LogP contribution in [0, 0.1) is 5.41 Å². The molecular weight excluding hydrogens is 219 g/mol. The van der Waals surface area contributed by atoms with E-state index in [9.17, 15) is 14.5 Å². The Bertz CT molecular complexity index is 320. The average Bonchev–Trinajstić information content (AvgIpc) is 1.95. The zero-order valence-electron chi connectivity index (χ0n) is 9.44. The molecule has 2 unspecified atom stereocenters. The van der Waals surface area contributed by atoms with Crippen LogP contribution in [0.5, 0.6) is 0 Å². The summed E-state index contributed by atoms with van der Waals surface area (Å²) in [6, 6.07) is 0. The number of hydrogen-bond acceptors (Lipinski definition) is 5. The van der Waals surface area contributed by atoms with Crippen LogP contribution in [0.3, 0.4) is 0 Å². The number of hydrogen-bond donors (Lipinski definition) is 1. The first-order valence-corrected chi connectivity index (χ1v) is 6.30. The van der Waals surface area contributed by atoms with E-state index in [1.807, 2.05) is 13.8 Å². The smallest absolute Gasteiger partial charge is 0.390 e. The van der Waals surface area contributed by atoms with Crippen molar-refractivity contribution in [2.75, 3.05) is 6.61 Å². The van der Waals surface area contributed by atoms with E-state index >= 15 is 0 Å². The summed E-state index contributed by atoms with van der Waals surface area (Å²) in [5.41, 5.74) is -0.280. The van der Waals surface area contributed by atoms with Crippen molar-refractivity contribution in [3.05, 3.63) is 0 Å². The second kappa shape index (κ2) is 3.58. The topological polar surface area (TPSA) is 72.8 Å². The molecule has 0 saturated carbocycles. The monoisotopic (exact) mass is 236 g/mol. The number of rotatable bonds is 1. The van der Waals surface area contributed by atoms with E-state index in [0.717, 1.165) is 6.92 Å². The van der Waals surface area contributed by atoms with E-state index in [2.05, 4.69) is 4.52 Å². The Morgan fingerprint density at radius 2 is 2.00 bits per heavy atom. The van der Waals surface area contributed by atoms with Gasteiger partial charge in [-0.2, -0.15) is 0 Å². The fourth-order valence-electron chi connectivity index (χ4n) is 1.75. The van der Waals surface area contributed by atoms with Crippen LogP contribution in [-0.2, 0) is 18.4 Å². The Labute approximate surface area is 89.3 Å². The van der Waals surface area contributed by atoms with Crippen molar-refractivity contribution in [3.63, 3.8) is 0 Å². The van der Waals surface area contributed by atoms with E-state index in [4.69, 9.17) is 4.52 Å². The zero-order chi connectivity index (χ0) is 11.9. The number of aliphatic hydroxyl groups is 1. The molecule has 1 fully saturated rings.